The normalized spacial score (nSPS) is 12.9. The van der Waals surface area contributed by atoms with Gasteiger partial charge >= 0.3 is 6.36 Å². The summed E-state index contributed by atoms with van der Waals surface area (Å²) >= 11 is 0. The second kappa shape index (κ2) is 7.97. The molecule has 0 spiro atoms. The highest BCUT2D eigenvalue weighted by molar-refractivity contribution is 6.01. The number of alkyl halides is 3. The number of aromatic nitrogens is 3. The van der Waals surface area contributed by atoms with Gasteiger partial charge in [0.25, 0.3) is 0 Å². The van der Waals surface area contributed by atoms with E-state index in [1.165, 1.54) is 42.1 Å². The monoisotopic (exact) mass is 393 g/mol. The van der Waals surface area contributed by atoms with Crippen LogP contribution in [-0.4, -0.2) is 40.5 Å². The first-order valence-corrected chi connectivity index (χ1v) is 8.44. The molecule has 0 amide bonds. The van der Waals surface area contributed by atoms with E-state index in [4.69, 9.17) is 4.74 Å². The van der Waals surface area contributed by atoms with Gasteiger partial charge in [-0.15, -0.1) is 13.2 Å². The van der Waals surface area contributed by atoms with Crippen LogP contribution < -0.4 is 4.74 Å². The predicted molar refractivity (Wildman–Crippen MR) is 94.4 cm³/mol. The molecule has 1 atom stereocenters. The minimum absolute atomic E-state index is 0.101. The molecule has 0 aliphatic rings. The van der Waals surface area contributed by atoms with E-state index in [0.717, 1.165) is 5.56 Å². The highest BCUT2D eigenvalue weighted by atomic mass is 19.4. The second-order valence-corrected chi connectivity index (χ2v) is 6.35. The molecule has 9 heteroatoms. The number of methoxy groups -OCH3 is 1. The Morgan fingerprint density at radius 1 is 1.21 bits per heavy atom. The summed E-state index contributed by atoms with van der Waals surface area (Å²) in [5, 5.41) is 4.15. The SMILES string of the molecule is COCC(CC(=O)c1cnn2cc(C)cnc12)c1ccc(OC(F)(F)F)cc1. The average molecular weight is 393 g/mol. The van der Waals surface area contributed by atoms with Crippen molar-refractivity contribution >= 4 is 11.4 Å². The zero-order valence-electron chi connectivity index (χ0n) is 15.2. The van der Waals surface area contributed by atoms with E-state index in [1.807, 2.05) is 6.92 Å². The lowest BCUT2D eigenvalue weighted by molar-refractivity contribution is -0.274. The van der Waals surface area contributed by atoms with Gasteiger partial charge in [-0.2, -0.15) is 5.10 Å². The van der Waals surface area contributed by atoms with Gasteiger partial charge in [0, 0.05) is 31.8 Å². The molecule has 2 heterocycles. The van der Waals surface area contributed by atoms with Crippen molar-refractivity contribution in [2.75, 3.05) is 13.7 Å². The highest BCUT2D eigenvalue weighted by Gasteiger charge is 2.31. The maximum atomic E-state index is 12.8. The van der Waals surface area contributed by atoms with Crippen molar-refractivity contribution in [2.45, 2.75) is 25.6 Å². The lowest BCUT2D eigenvalue weighted by atomic mass is 9.92. The zero-order valence-corrected chi connectivity index (χ0v) is 15.2. The molecule has 28 heavy (non-hydrogen) atoms. The van der Waals surface area contributed by atoms with Crippen molar-refractivity contribution in [3.63, 3.8) is 0 Å². The van der Waals surface area contributed by atoms with Crippen LogP contribution in [0.2, 0.25) is 0 Å². The Morgan fingerprint density at radius 3 is 2.57 bits per heavy atom. The van der Waals surface area contributed by atoms with E-state index < -0.39 is 6.36 Å². The molecule has 1 unspecified atom stereocenters. The van der Waals surface area contributed by atoms with Gasteiger partial charge in [0.1, 0.15) is 5.75 Å². The lowest BCUT2D eigenvalue weighted by Crippen LogP contribution is -2.17. The number of rotatable bonds is 7. The molecule has 6 nitrogen and oxygen atoms in total. The first kappa shape index (κ1) is 19.8. The number of carbonyl (C=O) groups excluding carboxylic acids is 1. The van der Waals surface area contributed by atoms with E-state index >= 15 is 0 Å². The Morgan fingerprint density at radius 2 is 1.93 bits per heavy atom. The van der Waals surface area contributed by atoms with Gasteiger partial charge < -0.3 is 9.47 Å². The van der Waals surface area contributed by atoms with Gasteiger partial charge in [-0.1, -0.05) is 12.1 Å². The first-order chi connectivity index (χ1) is 13.3. The summed E-state index contributed by atoms with van der Waals surface area (Å²) in [6.45, 7) is 2.10. The van der Waals surface area contributed by atoms with Gasteiger partial charge in [-0.25, -0.2) is 9.50 Å². The van der Waals surface area contributed by atoms with Crippen molar-refractivity contribution in [1.82, 2.24) is 14.6 Å². The number of carbonyl (C=O) groups is 1. The van der Waals surface area contributed by atoms with Crippen LogP contribution in [0.1, 0.15) is 33.8 Å². The summed E-state index contributed by atoms with van der Waals surface area (Å²) in [5.74, 6) is -0.831. The fraction of sp³-hybridized carbons (Fsp3) is 0.316. The molecular weight excluding hydrogens is 375 g/mol. The van der Waals surface area contributed by atoms with Gasteiger partial charge in [-0.05, 0) is 30.2 Å². The molecule has 0 saturated heterocycles. The fourth-order valence-electron chi connectivity index (χ4n) is 2.91. The standard InChI is InChI=1S/C19H18F3N3O3/c1-12-8-23-18-16(9-24-25(18)10-12)17(26)7-14(11-27-2)13-3-5-15(6-4-13)28-19(20,21)22/h3-6,8-10,14H,7,11H2,1-2H3. The molecule has 0 bridgehead atoms. The average Bonchev–Trinajstić information content (AvgIpc) is 3.03. The van der Waals surface area contributed by atoms with Gasteiger partial charge in [-0.3, -0.25) is 4.79 Å². The van der Waals surface area contributed by atoms with Crippen LogP contribution in [0.3, 0.4) is 0 Å². The minimum atomic E-state index is -4.75. The summed E-state index contributed by atoms with van der Waals surface area (Å²) < 4.78 is 47.5. The number of hydrogen-bond donors (Lipinski definition) is 0. The van der Waals surface area contributed by atoms with Crippen molar-refractivity contribution in [3.8, 4) is 5.75 Å². The van der Waals surface area contributed by atoms with Crippen LogP contribution in [0.15, 0.2) is 42.9 Å². The number of halogens is 3. The van der Waals surface area contributed by atoms with Crippen molar-refractivity contribution < 1.29 is 27.4 Å². The maximum Gasteiger partial charge on any atom is 0.573 e. The third-order valence-corrected chi connectivity index (χ3v) is 4.17. The molecular formula is C19H18F3N3O3. The molecule has 0 aliphatic carbocycles. The van der Waals surface area contributed by atoms with Crippen molar-refractivity contribution in [3.05, 3.63) is 59.5 Å². The maximum absolute atomic E-state index is 12.8. The zero-order chi connectivity index (χ0) is 20.3. The molecule has 0 aliphatic heterocycles. The fourth-order valence-corrected chi connectivity index (χ4v) is 2.91. The molecule has 0 fully saturated rings. The number of ether oxygens (including phenoxy) is 2. The van der Waals surface area contributed by atoms with E-state index in [1.54, 1.807) is 12.4 Å². The van der Waals surface area contributed by atoms with Crippen molar-refractivity contribution in [1.29, 1.82) is 0 Å². The Labute approximate surface area is 158 Å². The number of hydrogen-bond acceptors (Lipinski definition) is 5. The van der Waals surface area contributed by atoms with Crippen LogP contribution in [0.4, 0.5) is 13.2 Å². The number of benzene rings is 1. The largest absolute Gasteiger partial charge is 0.573 e. The van der Waals surface area contributed by atoms with Crippen LogP contribution in [0.25, 0.3) is 5.65 Å². The number of aryl methyl sites for hydroxylation is 1. The quantitative estimate of drug-likeness (QED) is 0.569. The van der Waals surface area contributed by atoms with E-state index in [2.05, 4.69) is 14.8 Å². The summed E-state index contributed by atoms with van der Waals surface area (Å²) in [4.78, 5) is 17.1. The molecule has 0 radical (unpaired) electrons. The lowest BCUT2D eigenvalue weighted by Gasteiger charge is -2.16. The van der Waals surface area contributed by atoms with Gasteiger partial charge in [0.15, 0.2) is 11.4 Å². The topological polar surface area (TPSA) is 65.7 Å². The smallest absolute Gasteiger partial charge is 0.406 e. The molecule has 1 aromatic carbocycles. The van der Waals surface area contributed by atoms with Gasteiger partial charge in [0.2, 0.25) is 0 Å². The Kier molecular flexibility index (Phi) is 5.64. The van der Waals surface area contributed by atoms with E-state index in [0.29, 0.717) is 16.8 Å². The number of nitrogens with zero attached hydrogens (tertiary/aromatic N) is 3. The summed E-state index contributed by atoms with van der Waals surface area (Å²) in [7, 11) is 1.50. The third kappa shape index (κ3) is 4.66. The number of Topliss-reactive ketones (excluding diaryl/α,β-unsaturated/α-hetero) is 1. The molecule has 3 rings (SSSR count). The van der Waals surface area contributed by atoms with E-state index in [9.17, 15) is 18.0 Å². The Hall–Kier alpha value is -2.94. The predicted octanol–water partition coefficient (Wildman–Crippen LogP) is 3.94. The Bertz CT molecular complexity index is 968. The number of fused-ring (bicyclic) bond motifs is 1. The summed E-state index contributed by atoms with van der Waals surface area (Å²) in [6, 6.07) is 5.43. The van der Waals surface area contributed by atoms with Gasteiger partial charge in [0.05, 0.1) is 18.4 Å². The third-order valence-electron chi connectivity index (χ3n) is 4.17. The van der Waals surface area contributed by atoms with Crippen LogP contribution >= 0.6 is 0 Å². The molecule has 3 aromatic rings. The minimum Gasteiger partial charge on any atom is -0.406 e. The molecule has 148 valence electrons. The van der Waals surface area contributed by atoms with Crippen LogP contribution in [-0.2, 0) is 4.74 Å². The summed E-state index contributed by atoms with van der Waals surface area (Å²) in [5.41, 5.74) is 2.43. The molecule has 0 N–H and O–H groups in total. The van der Waals surface area contributed by atoms with E-state index in [-0.39, 0.29) is 30.5 Å². The summed E-state index contributed by atoms with van der Waals surface area (Å²) in [6.07, 6.45) is 0.238. The van der Waals surface area contributed by atoms with Crippen molar-refractivity contribution in [2.24, 2.45) is 0 Å². The highest BCUT2D eigenvalue weighted by Crippen LogP contribution is 2.28. The molecule has 0 saturated carbocycles. The Balaban J connectivity index is 1.79. The van der Waals surface area contributed by atoms with Crippen LogP contribution in [0, 0.1) is 6.92 Å². The number of ketones is 1. The second-order valence-electron chi connectivity index (χ2n) is 6.35. The van der Waals surface area contributed by atoms with Crippen LogP contribution in [0.5, 0.6) is 5.75 Å². The first-order valence-electron chi connectivity index (χ1n) is 8.44. The molecule has 2 aromatic heterocycles.